The lowest BCUT2D eigenvalue weighted by Crippen LogP contribution is -2.71. The zero-order valence-electron chi connectivity index (χ0n) is 41.2. The molecule has 9 saturated carbocycles. The summed E-state index contributed by atoms with van der Waals surface area (Å²) in [5.74, 6) is 14.6. The predicted molar refractivity (Wildman–Crippen MR) is 263 cm³/mol. The Bertz CT molecular complexity index is 1610. The van der Waals surface area contributed by atoms with Crippen molar-refractivity contribution in [2.75, 3.05) is 0 Å². The smallest absolute Gasteiger partial charge is 0.0769 e. The van der Waals surface area contributed by atoms with Crippen molar-refractivity contribution in [3.8, 4) is 0 Å². The molecule has 0 aromatic rings. The SMILES string of the molecule is CCC1C(C2CCCC(C3CCCCC3)C2)NC(C2CCC3CCCCC3C2)NC1C1CCC(N2C3CCCCC3C3CC4CC=CCC4CC32)C2OC3C4CCCCC4CCC3C12. The molecule has 13 aliphatic rings. The van der Waals surface area contributed by atoms with Gasteiger partial charge in [-0.05, 0) is 197 Å². The van der Waals surface area contributed by atoms with E-state index in [4.69, 9.17) is 15.4 Å². The van der Waals surface area contributed by atoms with Crippen molar-refractivity contribution in [1.29, 1.82) is 0 Å². The minimum Gasteiger partial charge on any atom is -0.372 e. The van der Waals surface area contributed by atoms with Gasteiger partial charge in [-0.25, -0.2) is 0 Å². The van der Waals surface area contributed by atoms with Crippen molar-refractivity contribution in [2.45, 2.75) is 267 Å². The Labute approximate surface area is 392 Å². The molecule has 13 rings (SSSR count). The standard InChI is InChI=1S/C60H97N3O/c1-2-46-56(44-23-14-22-41(33-44)37-15-4-3-5-16-37)61-60(45-28-27-38-17-6-7-19-40(38)34-45)62-57(46)49-31-32-53(59-55(49)50-30-29-39-18-10-11-24-47(39)58(50)64-59)63-52-26-13-12-25-48(52)51-35-42-20-8-9-21-43(42)36-54(51)63/h8-9,37-62H,2-7,10-36H2,1H3. The maximum absolute atomic E-state index is 8.15. The number of hydrogen-bond acceptors (Lipinski definition) is 4. The van der Waals surface area contributed by atoms with Crippen LogP contribution in [-0.2, 0) is 4.74 Å². The van der Waals surface area contributed by atoms with Crippen LogP contribution in [0.3, 0.4) is 0 Å². The lowest BCUT2D eigenvalue weighted by atomic mass is 9.57. The molecule has 0 amide bonds. The minimum absolute atomic E-state index is 0.480. The molecule has 64 heavy (non-hydrogen) atoms. The third-order valence-electron chi connectivity index (χ3n) is 24.6. The summed E-state index contributed by atoms with van der Waals surface area (Å²) in [6.45, 7) is 2.65. The van der Waals surface area contributed by atoms with Crippen molar-refractivity contribution in [3.63, 3.8) is 0 Å². The molecule has 12 fully saturated rings. The van der Waals surface area contributed by atoms with Crippen molar-refractivity contribution < 1.29 is 4.74 Å². The van der Waals surface area contributed by atoms with Gasteiger partial charge >= 0.3 is 0 Å². The molecule has 358 valence electrons. The van der Waals surface area contributed by atoms with Crippen LogP contribution in [0.2, 0.25) is 0 Å². The second kappa shape index (κ2) is 18.7. The fourth-order valence-corrected chi connectivity index (χ4v) is 21.9. The van der Waals surface area contributed by atoms with Crippen LogP contribution in [0.1, 0.15) is 219 Å². The maximum Gasteiger partial charge on any atom is 0.0769 e. The summed E-state index contributed by atoms with van der Waals surface area (Å²) in [5.41, 5.74) is 0. The first-order valence-electron chi connectivity index (χ1n) is 30.3. The molecule has 0 spiro atoms. The molecule has 0 aromatic carbocycles. The maximum atomic E-state index is 8.15. The fourth-order valence-electron chi connectivity index (χ4n) is 21.9. The van der Waals surface area contributed by atoms with E-state index < -0.39 is 0 Å². The largest absolute Gasteiger partial charge is 0.372 e. The highest BCUT2D eigenvalue weighted by Gasteiger charge is 2.64. The highest BCUT2D eigenvalue weighted by atomic mass is 16.5. The number of likely N-dealkylation sites (tertiary alicyclic amines) is 1. The molecule has 23 unspecified atom stereocenters. The number of hydrogen-bond donors (Lipinski definition) is 2. The van der Waals surface area contributed by atoms with E-state index in [0.29, 0.717) is 36.5 Å². The zero-order chi connectivity index (χ0) is 42.3. The van der Waals surface area contributed by atoms with E-state index >= 15 is 0 Å². The number of ether oxygens (including phenoxy) is 1. The van der Waals surface area contributed by atoms with Gasteiger partial charge < -0.3 is 4.74 Å². The first-order valence-corrected chi connectivity index (χ1v) is 30.3. The van der Waals surface area contributed by atoms with Crippen LogP contribution in [0.25, 0.3) is 0 Å². The van der Waals surface area contributed by atoms with Crippen molar-refractivity contribution >= 4 is 0 Å². The first-order chi connectivity index (χ1) is 31.7. The van der Waals surface area contributed by atoms with E-state index in [1.165, 1.54) is 186 Å². The van der Waals surface area contributed by atoms with E-state index in [1.54, 1.807) is 25.7 Å². The number of rotatable bonds is 6. The van der Waals surface area contributed by atoms with Gasteiger partial charge in [-0.2, -0.15) is 0 Å². The lowest BCUT2D eigenvalue weighted by molar-refractivity contribution is -0.105. The van der Waals surface area contributed by atoms with Gasteiger partial charge in [0.1, 0.15) is 0 Å². The summed E-state index contributed by atoms with van der Waals surface area (Å²) in [7, 11) is 0. The molecule has 23 atom stereocenters. The van der Waals surface area contributed by atoms with Crippen LogP contribution < -0.4 is 10.6 Å². The van der Waals surface area contributed by atoms with Gasteiger partial charge in [0.2, 0.25) is 0 Å². The van der Waals surface area contributed by atoms with Crippen LogP contribution in [0.4, 0.5) is 0 Å². The Balaban J connectivity index is 0.844. The lowest BCUT2D eigenvalue weighted by Gasteiger charge is -2.57. The summed E-state index contributed by atoms with van der Waals surface area (Å²) >= 11 is 0. The quantitative estimate of drug-likeness (QED) is 0.261. The molecular formula is C60H97N3O. The monoisotopic (exact) mass is 876 g/mol. The minimum atomic E-state index is 0.480. The van der Waals surface area contributed by atoms with E-state index in [0.717, 1.165) is 107 Å². The van der Waals surface area contributed by atoms with Gasteiger partial charge in [0.05, 0.1) is 18.4 Å². The normalized spacial score (nSPS) is 54.4. The average Bonchev–Trinajstić information content (AvgIpc) is 3.91. The molecular weight excluding hydrogens is 779 g/mol. The highest BCUT2D eigenvalue weighted by Crippen LogP contribution is 2.61. The van der Waals surface area contributed by atoms with Gasteiger partial charge in [-0.15, -0.1) is 0 Å². The number of fused-ring (bicyclic) bond motifs is 10. The summed E-state index contributed by atoms with van der Waals surface area (Å²) in [6, 6.07) is 3.74. The van der Waals surface area contributed by atoms with E-state index in [-0.39, 0.29) is 0 Å². The Morgan fingerprint density at radius 2 is 1.02 bits per heavy atom. The number of allylic oxidation sites excluding steroid dienone is 2. The summed E-state index contributed by atoms with van der Waals surface area (Å²) < 4.78 is 8.15. The molecule has 0 bridgehead atoms. The van der Waals surface area contributed by atoms with Crippen LogP contribution in [0.5, 0.6) is 0 Å². The van der Waals surface area contributed by atoms with Gasteiger partial charge in [-0.3, -0.25) is 15.5 Å². The van der Waals surface area contributed by atoms with Crippen LogP contribution >= 0.6 is 0 Å². The van der Waals surface area contributed by atoms with Crippen molar-refractivity contribution in [2.24, 2.45) is 94.7 Å². The summed E-state index contributed by atoms with van der Waals surface area (Å²) in [4.78, 5) is 3.39. The van der Waals surface area contributed by atoms with Crippen LogP contribution in [0, 0.1) is 94.7 Å². The second-order valence-corrected chi connectivity index (χ2v) is 26.9. The Morgan fingerprint density at radius 1 is 0.406 bits per heavy atom. The molecule has 0 radical (unpaired) electrons. The Hall–Kier alpha value is -0.420. The predicted octanol–water partition coefficient (Wildman–Crippen LogP) is 13.9. The average molecular weight is 876 g/mol. The number of nitrogens with zero attached hydrogens (tertiary/aromatic N) is 1. The van der Waals surface area contributed by atoms with E-state index in [9.17, 15) is 0 Å². The molecule has 4 heteroatoms. The van der Waals surface area contributed by atoms with Crippen LogP contribution in [0.15, 0.2) is 12.2 Å². The molecule has 4 nitrogen and oxygen atoms in total. The van der Waals surface area contributed by atoms with Crippen LogP contribution in [-0.4, -0.2) is 53.5 Å². The molecule has 2 N–H and O–H groups in total. The fraction of sp³-hybridized carbons (Fsp3) is 0.967. The van der Waals surface area contributed by atoms with E-state index in [1.807, 2.05) is 0 Å². The van der Waals surface area contributed by atoms with Gasteiger partial charge in [-0.1, -0.05) is 128 Å². The zero-order valence-corrected chi connectivity index (χ0v) is 41.2. The van der Waals surface area contributed by atoms with Crippen molar-refractivity contribution in [1.82, 2.24) is 15.5 Å². The third-order valence-corrected chi connectivity index (χ3v) is 24.6. The van der Waals surface area contributed by atoms with Gasteiger partial charge in [0.25, 0.3) is 0 Å². The van der Waals surface area contributed by atoms with Crippen molar-refractivity contribution in [3.05, 3.63) is 12.2 Å². The highest BCUT2D eigenvalue weighted by molar-refractivity contribution is 5.16. The Kier molecular flexibility index (Phi) is 12.8. The molecule has 0 aromatic heterocycles. The summed E-state index contributed by atoms with van der Waals surface area (Å²) in [6.07, 6.45) is 56.0. The third kappa shape index (κ3) is 7.77. The summed E-state index contributed by atoms with van der Waals surface area (Å²) in [5, 5.41) is 9.54. The molecule has 3 heterocycles. The second-order valence-electron chi connectivity index (χ2n) is 26.9. The van der Waals surface area contributed by atoms with Gasteiger partial charge in [0.15, 0.2) is 0 Å². The Morgan fingerprint density at radius 3 is 1.84 bits per heavy atom. The van der Waals surface area contributed by atoms with E-state index in [2.05, 4.69) is 24.0 Å². The topological polar surface area (TPSA) is 36.5 Å². The van der Waals surface area contributed by atoms with Gasteiger partial charge in [0, 0.05) is 30.2 Å². The molecule has 3 saturated heterocycles. The number of nitrogens with one attached hydrogen (secondary N) is 2. The molecule has 3 aliphatic heterocycles. The first kappa shape index (κ1) is 43.6. The molecule has 10 aliphatic carbocycles.